The van der Waals surface area contributed by atoms with Gasteiger partial charge in [0.05, 0.1) is 11.8 Å². The molecular formula is C20H15NO4. The normalized spacial score (nSPS) is 28.4. The molecule has 1 saturated heterocycles. The van der Waals surface area contributed by atoms with Crippen LogP contribution < -0.4 is 0 Å². The summed E-state index contributed by atoms with van der Waals surface area (Å²) < 4.78 is 0. The van der Waals surface area contributed by atoms with Gasteiger partial charge in [0.25, 0.3) is 11.8 Å². The summed E-state index contributed by atoms with van der Waals surface area (Å²) in [6.45, 7) is 1.20. The number of benzene rings is 2. The standard InChI is InChI=1S/C20H15NO4/c1-10(22)25-21-19(23)17-15-11-6-2-3-7-12(11)16(18(17)20(21)24)14-9-5-4-8-13(14)15/h2-9,15-18H,1H3/t15?,16?,17-,18-/m0/s1. The maximum Gasteiger partial charge on any atom is 0.330 e. The average molecular weight is 333 g/mol. The van der Waals surface area contributed by atoms with Crippen molar-refractivity contribution in [3.8, 4) is 0 Å². The fraction of sp³-hybridized carbons (Fsp3) is 0.250. The highest BCUT2D eigenvalue weighted by atomic mass is 16.7. The van der Waals surface area contributed by atoms with Gasteiger partial charge in [-0.05, 0) is 22.3 Å². The van der Waals surface area contributed by atoms with E-state index >= 15 is 0 Å². The molecule has 4 aliphatic rings. The summed E-state index contributed by atoms with van der Waals surface area (Å²) in [5, 5.41) is 0.690. The molecule has 0 N–H and O–H groups in total. The van der Waals surface area contributed by atoms with E-state index in [-0.39, 0.29) is 11.8 Å². The van der Waals surface area contributed by atoms with E-state index in [1.54, 1.807) is 0 Å². The lowest BCUT2D eigenvalue weighted by atomic mass is 9.55. The summed E-state index contributed by atoms with van der Waals surface area (Å²) in [4.78, 5) is 42.1. The average Bonchev–Trinajstić information content (AvgIpc) is 2.87. The zero-order chi connectivity index (χ0) is 17.3. The van der Waals surface area contributed by atoms with Crippen LogP contribution >= 0.6 is 0 Å². The number of hydroxylamine groups is 2. The molecule has 1 fully saturated rings. The number of hydrogen-bond acceptors (Lipinski definition) is 4. The Kier molecular flexibility index (Phi) is 2.76. The minimum absolute atomic E-state index is 0.181. The molecule has 6 rings (SSSR count). The van der Waals surface area contributed by atoms with Gasteiger partial charge in [-0.2, -0.15) is 0 Å². The first-order chi connectivity index (χ1) is 12.1. The second-order valence-electron chi connectivity index (χ2n) is 6.82. The summed E-state index contributed by atoms with van der Waals surface area (Å²) in [5.41, 5.74) is 4.38. The van der Waals surface area contributed by atoms with Crippen LogP contribution in [0.4, 0.5) is 0 Å². The van der Waals surface area contributed by atoms with Gasteiger partial charge in [-0.25, -0.2) is 4.79 Å². The summed E-state index contributed by atoms with van der Waals surface area (Å²) >= 11 is 0. The summed E-state index contributed by atoms with van der Waals surface area (Å²) in [7, 11) is 0. The molecule has 0 aromatic heterocycles. The van der Waals surface area contributed by atoms with E-state index in [9.17, 15) is 14.4 Å². The third kappa shape index (κ3) is 1.70. The highest BCUT2D eigenvalue weighted by Crippen LogP contribution is 2.60. The predicted molar refractivity (Wildman–Crippen MR) is 87.2 cm³/mol. The van der Waals surface area contributed by atoms with Crippen molar-refractivity contribution in [2.75, 3.05) is 0 Å². The van der Waals surface area contributed by atoms with Crippen LogP contribution in [0.5, 0.6) is 0 Å². The predicted octanol–water partition coefficient (Wildman–Crippen LogP) is 2.36. The summed E-state index contributed by atoms with van der Waals surface area (Å²) in [6.07, 6.45) is 0. The Bertz CT molecular complexity index is 835. The number of carbonyl (C=O) groups excluding carboxylic acids is 3. The van der Waals surface area contributed by atoms with E-state index in [0.717, 1.165) is 22.3 Å². The largest absolute Gasteiger partial charge is 0.331 e. The van der Waals surface area contributed by atoms with Crippen molar-refractivity contribution in [1.82, 2.24) is 5.06 Å². The van der Waals surface area contributed by atoms with Gasteiger partial charge in [-0.15, -0.1) is 5.06 Å². The molecule has 3 aliphatic carbocycles. The van der Waals surface area contributed by atoms with Crippen LogP contribution in [0.25, 0.3) is 0 Å². The van der Waals surface area contributed by atoms with Gasteiger partial charge >= 0.3 is 5.97 Å². The van der Waals surface area contributed by atoms with Crippen molar-refractivity contribution < 1.29 is 19.2 Å². The van der Waals surface area contributed by atoms with Gasteiger partial charge in [0.15, 0.2) is 0 Å². The second-order valence-corrected chi connectivity index (χ2v) is 6.82. The van der Waals surface area contributed by atoms with Crippen LogP contribution in [0.3, 0.4) is 0 Å². The molecule has 2 amide bonds. The van der Waals surface area contributed by atoms with Crippen molar-refractivity contribution in [3.63, 3.8) is 0 Å². The first kappa shape index (κ1) is 14.4. The minimum Gasteiger partial charge on any atom is -0.331 e. The van der Waals surface area contributed by atoms with Gasteiger partial charge in [0.2, 0.25) is 0 Å². The van der Waals surface area contributed by atoms with Crippen LogP contribution in [-0.4, -0.2) is 22.8 Å². The maximum absolute atomic E-state index is 12.9. The molecule has 1 heterocycles. The number of rotatable bonds is 1. The van der Waals surface area contributed by atoms with Crippen LogP contribution in [0, 0.1) is 11.8 Å². The van der Waals surface area contributed by atoms with Crippen LogP contribution in [0.15, 0.2) is 48.5 Å². The molecule has 0 saturated carbocycles. The number of hydrogen-bond donors (Lipinski definition) is 0. The number of amides is 2. The van der Waals surface area contributed by atoms with Gasteiger partial charge in [0.1, 0.15) is 0 Å². The lowest BCUT2D eigenvalue weighted by molar-refractivity contribution is -0.197. The van der Waals surface area contributed by atoms with Crippen molar-refractivity contribution in [2.45, 2.75) is 18.8 Å². The molecule has 2 atom stereocenters. The Morgan fingerprint density at radius 3 is 1.48 bits per heavy atom. The molecule has 0 spiro atoms. The molecule has 5 heteroatoms. The quantitative estimate of drug-likeness (QED) is 0.752. The Morgan fingerprint density at radius 1 is 0.800 bits per heavy atom. The van der Waals surface area contributed by atoms with E-state index < -0.39 is 29.6 Å². The summed E-state index contributed by atoms with van der Waals surface area (Å²) in [6, 6.07) is 16.0. The third-order valence-corrected chi connectivity index (χ3v) is 5.63. The van der Waals surface area contributed by atoms with E-state index in [2.05, 4.69) is 0 Å². The Labute approximate surface area is 144 Å². The van der Waals surface area contributed by atoms with Crippen LogP contribution in [-0.2, 0) is 19.2 Å². The third-order valence-electron chi connectivity index (χ3n) is 5.63. The van der Waals surface area contributed by atoms with Crippen molar-refractivity contribution in [2.24, 2.45) is 11.8 Å². The highest BCUT2D eigenvalue weighted by molar-refractivity contribution is 6.07. The van der Waals surface area contributed by atoms with Gasteiger partial charge < -0.3 is 4.84 Å². The Balaban J connectivity index is 1.74. The molecule has 2 aromatic rings. The van der Waals surface area contributed by atoms with Gasteiger partial charge in [-0.1, -0.05) is 48.5 Å². The topological polar surface area (TPSA) is 63.7 Å². The number of nitrogens with zero attached hydrogens (tertiary/aromatic N) is 1. The smallest absolute Gasteiger partial charge is 0.330 e. The molecule has 0 radical (unpaired) electrons. The SMILES string of the molecule is CC(=O)ON1C(=O)[C@H]2C3c4ccccc4C(c4ccccc43)[C@@H]2C1=O. The first-order valence-corrected chi connectivity index (χ1v) is 8.33. The molecule has 2 aromatic carbocycles. The number of imide groups is 1. The fourth-order valence-electron chi connectivity index (χ4n) is 4.87. The number of carbonyl (C=O) groups is 3. The maximum atomic E-state index is 12.9. The van der Waals surface area contributed by atoms with E-state index in [0.29, 0.717) is 5.06 Å². The zero-order valence-corrected chi connectivity index (χ0v) is 13.5. The highest BCUT2D eigenvalue weighted by Gasteiger charge is 2.62. The first-order valence-electron chi connectivity index (χ1n) is 8.33. The van der Waals surface area contributed by atoms with E-state index in [1.165, 1.54) is 6.92 Å². The molecule has 0 unspecified atom stereocenters. The molecule has 1 aliphatic heterocycles. The van der Waals surface area contributed by atoms with Gasteiger partial charge in [0, 0.05) is 18.8 Å². The molecule has 2 bridgehead atoms. The van der Waals surface area contributed by atoms with Crippen LogP contribution in [0.1, 0.15) is 41.0 Å². The van der Waals surface area contributed by atoms with Crippen molar-refractivity contribution in [3.05, 3.63) is 70.8 Å². The lowest BCUT2D eigenvalue weighted by Gasteiger charge is -2.45. The van der Waals surface area contributed by atoms with Crippen molar-refractivity contribution in [1.29, 1.82) is 0 Å². The van der Waals surface area contributed by atoms with Crippen molar-refractivity contribution >= 4 is 17.8 Å². The Morgan fingerprint density at radius 2 is 1.16 bits per heavy atom. The van der Waals surface area contributed by atoms with E-state index in [1.807, 2.05) is 48.5 Å². The fourth-order valence-corrected chi connectivity index (χ4v) is 4.87. The lowest BCUT2D eigenvalue weighted by Crippen LogP contribution is -2.41. The second kappa shape index (κ2) is 4.79. The van der Waals surface area contributed by atoms with E-state index in [4.69, 9.17) is 4.84 Å². The Hall–Kier alpha value is -2.95. The van der Waals surface area contributed by atoms with Crippen LogP contribution in [0.2, 0.25) is 0 Å². The monoisotopic (exact) mass is 333 g/mol. The zero-order valence-electron chi connectivity index (χ0n) is 13.5. The molecular weight excluding hydrogens is 318 g/mol. The molecule has 5 nitrogen and oxygen atoms in total. The summed E-state index contributed by atoms with van der Waals surface area (Å²) in [5.74, 6) is -2.88. The molecule has 25 heavy (non-hydrogen) atoms. The minimum atomic E-state index is -0.664. The van der Waals surface area contributed by atoms with Gasteiger partial charge in [-0.3, -0.25) is 9.59 Å². The molecule has 124 valence electrons.